The summed E-state index contributed by atoms with van der Waals surface area (Å²) in [5.41, 5.74) is 1.78. The van der Waals surface area contributed by atoms with E-state index in [-0.39, 0.29) is 11.4 Å². The van der Waals surface area contributed by atoms with Crippen molar-refractivity contribution >= 4 is 23.8 Å². The summed E-state index contributed by atoms with van der Waals surface area (Å²) in [7, 11) is 0. The minimum absolute atomic E-state index is 0.0630. The summed E-state index contributed by atoms with van der Waals surface area (Å²) < 4.78 is 0. The fraction of sp³-hybridized carbons (Fsp3) is 0.222. The van der Waals surface area contributed by atoms with Gasteiger partial charge in [0.05, 0.1) is 9.85 Å². The number of non-ortho nitro benzene ring substituents is 2. The van der Waals surface area contributed by atoms with Crippen molar-refractivity contribution in [1.82, 2.24) is 0 Å². The van der Waals surface area contributed by atoms with Crippen molar-refractivity contribution in [3.8, 4) is 0 Å². The molecule has 0 saturated heterocycles. The van der Waals surface area contributed by atoms with Crippen LogP contribution in [0.1, 0.15) is 24.0 Å². The van der Waals surface area contributed by atoms with Gasteiger partial charge in [-0.25, -0.2) is 0 Å². The Morgan fingerprint density at radius 3 is 1.35 bits per heavy atom. The summed E-state index contributed by atoms with van der Waals surface area (Å²) in [4.78, 5) is 28.8. The van der Waals surface area contributed by atoms with Gasteiger partial charge in [0.25, 0.3) is 11.4 Å². The topological polar surface area (TPSA) is 111 Å². The molecule has 0 aliphatic rings. The van der Waals surface area contributed by atoms with E-state index in [1.165, 1.54) is 24.3 Å². The molecule has 0 unspecified atom stereocenters. The number of unbranched alkanes of at least 4 members (excludes halogenated alkanes) is 1. The molecule has 0 amide bonds. The van der Waals surface area contributed by atoms with Crippen LogP contribution in [0.3, 0.4) is 0 Å². The van der Waals surface area contributed by atoms with Crippen LogP contribution in [-0.4, -0.2) is 35.4 Å². The molecule has 8 heteroatoms. The van der Waals surface area contributed by atoms with E-state index in [9.17, 15) is 20.2 Å². The average molecular weight is 354 g/mol. The molecular weight excluding hydrogens is 336 g/mol. The molecule has 0 fully saturated rings. The van der Waals surface area contributed by atoms with Crippen molar-refractivity contribution in [1.29, 1.82) is 0 Å². The van der Waals surface area contributed by atoms with Gasteiger partial charge in [-0.15, -0.1) is 0 Å². The van der Waals surface area contributed by atoms with Crippen LogP contribution in [-0.2, 0) is 0 Å². The second-order valence-corrected chi connectivity index (χ2v) is 5.47. The number of benzene rings is 2. The highest BCUT2D eigenvalue weighted by molar-refractivity contribution is 5.80. The Hall–Kier alpha value is -3.42. The second-order valence-electron chi connectivity index (χ2n) is 5.47. The van der Waals surface area contributed by atoms with Crippen molar-refractivity contribution in [2.75, 3.05) is 13.1 Å². The molecule has 26 heavy (non-hydrogen) atoms. The van der Waals surface area contributed by atoms with Crippen LogP contribution in [0, 0.1) is 20.2 Å². The lowest BCUT2D eigenvalue weighted by atomic mass is 10.2. The fourth-order valence-corrected chi connectivity index (χ4v) is 2.11. The van der Waals surface area contributed by atoms with Gasteiger partial charge < -0.3 is 0 Å². The van der Waals surface area contributed by atoms with Crippen molar-refractivity contribution in [2.24, 2.45) is 9.98 Å². The molecule has 2 rings (SSSR count). The average Bonchev–Trinajstić information content (AvgIpc) is 2.64. The molecule has 8 nitrogen and oxygen atoms in total. The Morgan fingerprint density at radius 1 is 0.692 bits per heavy atom. The molecule has 0 atom stereocenters. The molecule has 0 aliphatic carbocycles. The number of nitrogens with zero attached hydrogens (tertiary/aromatic N) is 4. The van der Waals surface area contributed by atoms with Gasteiger partial charge in [-0.1, -0.05) is 0 Å². The maximum absolute atomic E-state index is 10.6. The monoisotopic (exact) mass is 354 g/mol. The van der Waals surface area contributed by atoms with E-state index in [1.54, 1.807) is 36.7 Å². The predicted molar refractivity (Wildman–Crippen MR) is 100 cm³/mol. The third-order valence-corrected chi connectivity index (χ3v) is 3.51. The van der Waals surface area contributed by atoms with E-state index >= 15 is 0 Å². The predicted octanol–water partition coefficient (Wildman–Crippen LogP) is 3.82. The summed E-state index contributed by atoms with van der Waals surface area (Å²) in [6.45, 7) is 1.31. The van der Waals surface area contributed by atoms with Gasteiger partial charge in [0.2, 0.25) is 0 Å². The van der Waals surface area contributed by atoms with Crippen LogP contribution in [0.2, 0.25) is 0 Å². The molecule has 0 spiro atoms. The quantitative estimate of drug-likeness (QED) is 0.295. The lowest BCUT2D eigenvalue weighted by Crippen LogP contribution is -1.91. The molecule has 0 bridgehead atoms. The molecule has 0 aromatic heterocycles. The van der Waals surface area contributed by atoms with E-state index < -0.39 is 9.85 Å². The summed E-state index contributed by atoms with van der Waals surface area (Å²) in [6, 6.07) is 12.5. The Balaban J connectivity index is 1.65. The second kappa shape index (κ2) is 9.77. The number of hydrogen-bond acceptors (Lipinski definition) is 6. The van der Waals surface area contributed by atoms with Gasteiger partial charge in [-0.2, -0.15) is 0 Å². The van der Waals surface area contributed by atoms with Crippen LogP contribution in [0.5, 0.6) is 0 Å². The fourth-order valence-electron chi connectivity index (χ4n) is 2.11. The summed E-state index contributed by atoms with van der Waals surface area (Å²) in [5, 5.41) is 21.1. The first-order valence-corrected chi connectivity index (χ1v) is 8.05. The first kappa shape index (κ1) is 18.9. The number of rotatable bonds is 9. The van der Waals surface area contributed by atoms with E-state index in [2.05, 4.69) is 9.98 Å². The molecule has 0 saturated carbocycles. The normalized spacial score (nSPS) is 11.2. The summed E-state index contributed by atoms with van der Waals surface area (Å²) in [5.74, 6) is 0. The highest BCUT2D eigenvalue weighted by atomic mass is 16.6. The number of nitro benzene ring substituents is 2. The Kier molecular flexibility index (Phi) is 7.11. The number of aliphatic imine (C=N–C) groups is 2. The van der Waals surface area contributed by atoms with Crippen molar-refractivity contribution in [3.05, 3.63) is 79.9 Å². The molecular formula is C18H18N4O4. The van der Waals surface area contributed by atoms with Gasteiger partial charge in [0, 0.05) is 49.8 Å². The SMILES string of the molecule is O=[N+]([O-])c1ccc(C=NCCCCN=Cc2ccc([N+](=O)[O-])cc2)cc1. The zero-order chi connectivity index (χ0) is 18.8. The zero-order valence-corrected chi connectivity index (χ0v) is 14.0. The molecule has 0 radical (unpaired) electrons. The van der Waals surface area contributed by atoms with Gasteiger partial charge >= 0.3 is 0 Å². The minimum Gasteiger partial charge on any atom is -0.293 e. The van der Waals surface area contributed by atoms with Crippen molar-refractivity contribution in [2.45, 2.75) is 12.8 Å². The van der Waals surface area contributed by atoms with Gasteiger partial charge in [0.15, 0.2) is 0 Å². The highest BCUT2D eigenvalue weighted by Gasteiger charge is 2.03. The van der Waals surface area contributed by atoms with Gasteiger partial charge in [-0.05, 0) is 48.2 Å². The van der Waals surface area contributed by atoms with Crippen LogP contribution >= 0.6 is 0 Å². The molecule has 134 valence electrons. The van der Waals surface area contributed by atoms with Gasteiger partial charge in [0.1, 0.15) is 0 Å². The van der Waals surface area contributed by atoms with Crippen molar-refractivity contribution in [3.63, 3.8) is 0 Å². The smallest absolute Gasteiger partial charge is 0.269 e. The largest absolute Gasteiger partial charge is 0.293 e. The number of hydrogen-bond donors (Lipinski definition) is 0. The lowest BCUT2D eigenvalue weighted by molar-refractivity contribution is -0.385. The molecule has 2 aromatic carbocycles. The third-order valence-electron chi connectivity index (χ3n) is 3.51. The van der Waals surface area contributed by atoms with Crippen LogP contribution in [0.4, 0.5) is 11.4 Å². The van der Waals surface area contributed by atoms with E-state index in [0.717, 1.165) is 24.0 Å². The lowest BCUT2D eigenvalue weighted by Gasteiger charge is -1.96. The first-order valence-electron chi connectivity index (χ1n) is 8.05. The van der Waals surface area contributed by atoms with E-state index in [4.69, 9.17) is 0 Å². The van der Waals surface area contributed by atoms with E-state index in [0.29, 0.717) is 13.1 Å². The molecule has 0 N–H and O–H groups in total. The maximum atomic E-state index is 10.6. The van der Waals surface area contributed by atoms with Crippen LogP contribution in [0.15, 0.2) is 58.5 Å². The third kappa shape index (κ3) is 6.23. The first-order chi connectivity index (χ1) is 12.6. The summed E-state index contributed by atoms with van der Waals surface area (Å²) >= 11 is 0. The van der Waals surface area contributed by atoms with Crippen LogP contribution in [0.25, 0.3) is 0 Å². The maximum Gasteiger partial charge on any atom is 0.269 e. The van der Waals surface area contributed by atoms with E-state index in [1.807, 2.05) is 0 Å². The summed E-state index contributed by atoms with van der Waals surface area (Å²) in [6.07, 6.45) is 5.15. The Morgan fingerprint density at radius 2 is 1.04 bits per heavy atom. The van der Waals surface area contributed by atoms with Gasteiger partial charge in [-0.3, -0.25) is 30.2 Å². The zero-order valence-electron chi connectivity index (χ0n) is 14.0. The molecule has 0 aliphatic heterocycles. The minimum atomic E-state index is -0.432. The van der Waals surface area contributed by atoms with Crippen molar-refractivity contribution < 1.29 is 9.85 Å². The highest BCUT2D eigenvalue weighted by Crippen LogP contribution is 2.11. The number of nitro groups is 2. The molecule has 0 heterocycles. The van der Waals surface area contributed by atoms with Crippen LogP contribution < -0.4 is 0 Å². The Bertz CT molecular complexity index is 729. The molecule has 2 aromatic rings. The Labute approximate surface area is 150 Å². The standard InChI is InChI=1S/C18H18N4O4/c23-21(24)17-7-3-15(4-8-17)13-19-11-1-2-12-20-14-16-5-9-18(10-6-16)22(25)26/h3-10,13-14H,1-2,11-12H2.